The minimum Gasteiger partial charge on any atom is -0.422 e. The molecule has 1 fully saturated rings. The Morgan fingerprint density at radius 1 is 1.32 bits per heavy atom. The van der Waals surface area contributed by atoms with Crippen LogP contribution in [0.4, 0.5) is 0 Å². The van der Waals surface area contributed by atoms with Crippen LogP contribution in [0.2, 0.25) is 0 Å². The van der Waals surface area contributed by atoms with Crippen molar-refractivity contribution >= 4 is 5.91 Å². The largest absolute Gasteiger partial charge is 0.422 e. The molecule has 3 rings (SSSR count). The van der Waals surface area contributed by atoms with Gasteiger partial charge in [-0.25, -0.2) is 4.98 Å². The SMILES string of the molecule is COC1CCC(NC(=O)c2cccc(-c3nnco3)n2)CC1. The lowest BCUT2D eigenvalue weighted by Crippen LogP contribution is -2.39. The summed E-state index contributed by atoms with van der Waals surface area (Å²) in [5, 5.41) is 10.4. The third-order valence-corrected chi connectivity index (χ3v) is 3.90. The Labute approximate surface area is 128 Å². The normalized spacial score (nSPS) is 21.5. The molecule has 0 atom stereocenters. The van der Waals surface area contributed by atoms with E-state index in [-0.39, 0.29) is 11.9 Å². The van der Waals surface area contributed by atoms with Crippen LogP contribution < -0.4 is 5.32 Å². The highest BCUT2D eigenvalue weighted by Crippen LogP contribution is 2.21. The number of methoxy groups -OCH3 is 1. The molecule has 2 heterocycles. The molecular formula is C15H18N4O3. The Balaban J connectivity index is 1.64. The third-order valence-electron chi connectivity index (χ3n) is 3.90. The third kappa shape index (κ3) is 3.30. The number of nitrogens with zero attached hydrogens (tertiary/aromatic N) is 3. The molecule has 7 nitrogen and oxygen atoms in total. The van der Waals surface area contributed by atoms with E-state index in [1.165, 1.54) is 6.39 Å². The maximum absolute atomic E-state index is 12.3. The topological polar surface area (TPSA) is 90.1 Å². The number of hydrogen-bond donors (Lipinski definition) is 1. The summed E-state index contributed by atoms with van der Waals surface area (Å²) in [6.07, 6.45) is 5.33. The number of rotatable bonds is 4. The van der Waals surface area contributed by atoms with Gasteiger partial charge in [-0.2, -0.15) is 0 Å². The number of carbonyl (C=O) groups excluding carboxylic acids is 1. The second kappa shape index (κ2) is 6.65. The van der Waals surface area contributed by atoms with Gasteiger partial charge >= 0.3 is 0 Å². The van der Waals surface area contributed by atoms with Crippen LogP contribution in [-0.2, 0) is 4.74 Å². The van der Waals surface area contributed by atoms with Gasteiger partial charge in [0.15, 0.2) is 0 Å². The van der Waals surface area contributed by atoms with Crippen molar-refractivity contribution in [3.8, 4) is 11.6 Å². The van der Waals surface area contributed by atoms with E-state index in [0.717, 1.165) is 25.7 Å². The summed E-state index contributed by atoms with van der Waals surface area (Å²) in [5.41, 5.74) is 0.845. The molecule has 2 aromatic heterocycles. The van der Waals surface area contributed by atoms with E-state index in [9.17, 15) is 4.79 Å². The highest BCUT2D eigenvalue weighted by molar-refractivity contribution is 5.92. The fourth-order valence-electron chi connectivity index (χ4n) is 2.67. The molecule has 1 aliphatic carbocycles. The van der Waals surface area contributed by atoms with Crippen LogP contribution in [0.1, 0.15) is 36.2 Å². The van der Waals surface area contributed by atoms with E-state index in [1.54, 1.807) is 25.3 Å². The van der Waals surface area contributed by atoms with E-state index >= 15 is 0 Å². The van der Waals surface area contributed by atoms with Gasteiger partial charge in [-0.05, 0) is 37.8 Å². The number of hydrogen-bond acceptors (Lipinski definition) is 6. The highest BCUT2D eigenvalue weighted by atomic mass is 16.5. The van der Waals surface area contributed by atoms with Crippen LogP contribution in [-0.4, -0.2) is 40.3 Å². The summed E-state index contributed by atoms with van der Waals surface area (Å²) in [6.45, 7) is 0. The van der Waals surface area contributed by atoms with Gasteiger partial charge in [0, 0.05) is 13.2 Å². The van der Waals surface area contributed by atoms with Gasteiger partial charge in [-0.3, -0.25) is 4.79 Å². The Bertz CT molecular complexity index is 621. The number of pyridine rings is 1. The summed E-state index contributed by atoms with van der Waals surface area (Å²) in [4.78, 5) is 16.6. The summed E-state index contributed by atoms with van der Waals surface area (Å²) in [5.74, 6) is 0.123. The molecular weight excluding hydrogens is 284 g/mol. The first-order valence-corrected chi connectivity index (χ1v) is 7.33. The summed E-state index contributed by atoms with van der Waals surface area (Å²) >= 11 is 0. The number of ether oxygens (including phenoxy) is 1. The first-order chi connectivity index (χ1) is 10.8. The van der Waals surface area contributed by atoms with Crippen molar-refractivity contribution in [1.82, 2.24) is 20.5 Å². The zero-order valence-corrected chi connectivity index (χ0v) is 12.4. The molecule has 1 amide bonds. The fraction of sp³-hybridized carbons (Fsp3) is 0.467. The van der Waals surface area contributed by atoms with Crippen LogP contribution in [0, 0.1) is 0 Å². The van der Waals surface area contributed by atoms with Gasteiger partial charge in [-0.15, -0.1) is 10.2 Å². The molecule has 0 bridgehead atoms. The first-order valence-electron chi connectivity index (χ1n) is 7.33. The number of aromatic nitrogens is 3. The number of carbonyl (C=O) groups is 1. The molecule has 0 aliphatic heterocycles. The average molecular weight is 302 g/mol. The Morgan fingerprint density at radius 3 is 2.82 bits per heavy atom. The lowest BCUT2D eigenvalue weighted by molar-refractivity contribution is 0.0598. The summed E-state index contributed by atoms with van der Waals surface area (Å²) in [6, 6.07) is 5.33. The molecule has 22 heavy (non-hydrogen) atoms. The highest BCUT2D eigenvalue weighted by Gasteiger charge is 2.23. The van der Waals surface area contributed by atoms with Crippen molar-refractivity contribution in [3.63, 3.8) is 0 Å². The zero-order valence-electron chi connectivity index (χ0n) is 12.4. The molecule has 1 saturated carbocycles. The first kappa shape index (κ1) is 14.6. The van der Waals surface area contributed by atoms with Crippen LogP contribution in [0.3, 0.4) is 0 Å². The molecule has 1 N–H and O–H groups in total. The van der Waals surface area contributed by atoms with Crippen molar-refractivity contribution in [2.75, 3.05) is 7.11 Å². The van der Waals surface area contributed by atoms with E-state index in [0.29, 0.717) is 23.4 Å². The summed E-state index contributed by atoms with van der Waals surface area (Å²) in [7, 11) is 1.73. The van der Waals surface area contributed by atoms with Crippen LogP contribution in [0.15, 0.2) is 29.0 Å². The smallest absolute Gasteiger partial charge is 0.270 e. The molecule has 0 unspecified atom stereocenters. The average Bonchev–Trinajstić information content (AvgIpc) is 3.10. The van der Waals surface area contributed by atoms with Crippen molar-refractivity contribution in [3.05, 3.63) is 30.3 Å². The van der Waals surface area contributed by atoms with Gasteiger partial charge < -0.3 is 14.5 Å². The van der Waals surface area contributed by atoms with E-state index < -0.39 is 0 Å². The second-order valence-corrected chi connectivity index (χ2v) is 5.33. The number of amides is 1. The summed E-state index contributed by atoms with van der Waals surface area (Å²) < 4.78 is 10.4. The molecule has 7 heteroatoms. The van der Waals surface area contributed by atoms with Gasteiger partial charge in [0.1, 0.15) is 11.4 Å². The van der Waals surface area contributed by atoms with Crippen molar-refractivity contribution < 1.29 is 13.9 Å². The predicted molar refractivity (Wildman–Crippen MR) is 78.0 cm³/mol. The van der Waals surface area contributed by atoms with Gasteiger partial charge in [0.05, 0.1) is 6.10 Å². The van der Waals surface area contributed by atoms with E-state index in [1.807, 2.05) is 0 Å². The lowest BCUT2D eigenvalue weighted by Gasteiger charge is -2.28. The molecule has 0 saturated heterocycles. The van der Waals surface area contributed by atoms with Gasteiger partial charge in [0.25, 0.3) is 11.8 Å². The zero-order chi connectivity index (χ0) is 15.4. The number of nitrogens with one attached hydrogen (secondary N) is 1. The van der Waals surface area contributed by atoms with Crippen molar-refractivity contribution in [1.29, 1.82) is 0 Å². The Hall–Kier alpha value is -2.28. The second-order valence-electron chi connectivity index (χ2n) is 5.33. The van der Waals surface area contributed by atoms with E-state index in [2.05, 4.69) is 20.5 Å². The van der Waals surface area contributed by atoms with Crippen LogP contribution in [0.25, 0.3) is 11.6 Å². The van der Waals surface area contributed by atoms with Crippen molar-refractivity contribution in [2.24, 2.45) is 0 Å². The van der Waals surface area contributed by atoms with Crippen molar-refractivity contribution in [2.45, 2.75) is 37.8 Å². The molecule has 0 aromatic carbocycles. The fourth-order valence-corrected chi connectivity index (χ4v) is 2.67. The Morgan fingerprint density at radius 2 is 2.14 bits per heavy atom. The molecule has 1 aliphatic rings. The van der Waals surface area contributed by atoms with E-state index in [4.69, 9.17) is 9.15 Å². The van der Waals surface area contributed by atoms with Crippen LogP contribution in [0.5, 0.6) is 0 Å². The maximum atomic E-state index is 12.3. The maximum Gasteiger partial charge on any atom is 0.270 e. The lowest BCUT2D eigenvalue weighted by atomic mass is 9.93. The minimum atomic E-state index is -0.178. The molecule has 0 radical (unpaired) electrons. The van der Waals surface area contributed by atoms with Crippen LogP contribution >= 0.6 is 0 Å². The molecule has 0 spiro atoms. The Kier molecular flexibility index (Phi) is 4.43. The standard InChI is InChI=1S/C15H18N4O3/c1-21-11-7-5-10(6-8-11)17-14(20)12-3-2-4-13(18-12)15-19-16-9-22-15/h2-4,9-11H,5-8H2,1H3,(H,17,20). The quantitative estimate of drug-likeness (QED) is 0.926. The molecule has 2 aromatic rings. The predicted octanol–water partition coefficient (Wildman–Crippen LogP) is 1.82. The minimum absolute atomic E-state index is 0.174. The molecule has 116 valence electrons. The van der Waals surface area contributed by atoms with Gasteiger partial charge in [-0.1, -0.05) is 6.07 Å². The monoisotopic (exact) mass is 302 g/mol. The van der Waals surface area contributed by atoms with Gasteiger partial charge in [0.2, 0.25) is 6.39 Å².